The van der Waals surface area contributed by atoms with Crippen molar-refractivity contribution in [3.05, 3.63) is 83.6 Å². The van der Waals surface area contributed by atoms with Crippen LogP contribution in [0.25, 0.3) is 27.7 Å². The summed E-state index contributed by atoms with van der Waals surface area (Å²) in [6, 6.07) is 17.6. The predicted molar refractivity (Wildman–Crippen MR) is 138 cm³/mol. The van der Waals surface area contributed by atoms with Crippen LogP contribution in [0.4, 0.5) is 5.69 Å². The Morgan fingerprint density at radius 1 is 1.06 bits per heavy atom. The van der Waals surface area contributed by atoms with E-state index in [0.717, 1.165) is 50.2 Å². The molecule has 4 aromatic rings. The number of anilines is 1. The first-order valence-electron chi connectivity index (χ1n) is 11.3. The van der Waals surface area contributed by atoms with E-state index in [1.165, 1.54) is 5.56 Å². The van der Waals surface area contributed by atoms with E-state index in [4.69, 9.17) is 13.9 Å². The number of benzene rings is 3. The normalized spacial score (nSPS) is 11.5. The van der Waals surface area contributed by atoms with Gasteiger partial charge in [0.2, 0.25) is 5.91 Å². The van der Waals surface area contributed by atoms with Crippen molar-refractivity contribution in [3.8, 4) is 22.6 Å². The first kappa shape index (κ1) is 23.2. The molecular weight excluding hydrogens is 426 g/mol. The Morgan fingerprint density at radius 3 is 2.62 bits per heavy atom. The Bertz CT molecular complexity index is 1380. The van der Waals surface area contributed by atoms with E-state index in [-0.39, 0.29) is 5.91 Å². The lowest BCUT2D eigenvalue weighted by molar-refractivity contribution is -0.111. The van der Waals surface area contributed by atoms with Crippen LogP contribution in [0.5, 0.6) is 11.5 Å². The molecule has 34 heavy (non-hydrogen) atoms. The second-order valence-corrected chi connectivity index (χ2v) is 8.27. The minimum atomic E-state index is -0.191. The van der Waals surface area contributed by atoms with Crippen molar-refractivity contribution in [2.24, 2.45) is 0 Å². The zero-order chi connectivity index (χ0) is 24.2. The van der Waals surface area contributed by atoms with Crippen molar-refractivity contribution in [2.75, 3.05) is 19.0 Å². The lowest BCUT2D eigenvalue weighted by Gasteiger charge is -2.12. The number of carbonyl (C=O) groups is 1. The number of nitrogens with one attached hydrogen (secondary N) is 1. The lowest BCUT2D eigenvalue weighted by Crippen LogP contribution is -2.09. The molecule has 1 N–H and O–H groups in total. The highest BCUT2D eigenvalue weighted by Gasteiger charge is 2.16. The number of ether oxygens (including phenoxy) is 2. The molecular formula is C29H29NO4. The van der Waals surface area contributed by atoms with Gasteiger partial charge in [0.25, 0.3) is 0 Å². The first-order chi connectivity index (χ1) is 16.4. The van der Waals surface area contributed by atoms with Crippen molar-refractivity contribution in [1.29, 1.82) is 0 Å². The molecule has 0 bridgehead atoms. The van der Waals surface area contributed by atoms with Crippen molar-refractivity contribution in [1.82, 2.24) is 0 Å². The zero-order valence-electron chi connectivity index (χ0n) is 20.2. The van der Waals surface area contributed by atoms with E-state index in [1.807, 2.05) is 82.3 Å². The number of hydrogen-bond acceptors (Lipinski definition) is 4. The van der Waals surface area contributed by atoms with E-state index < -0.39 is 0 Å². The standard InChI is InChI=1S/C29H29NO4/c1-6-33-27-16-28-25(26(17-34-28)21-8-7-9-23(14-21)32-5)15-24(27)20(4)13-29(31)30-22-11-10-18(2)19(3)12-22/h7-17H,6H2,1-5H3,(H,30,31)/b20-13+. The summed E-state index contributed by atoms with van der Waals surface area (Å²) in [7, 11) is 1.65. The van der Waals surface area contributed by atoms with Gasteiger partial charge in [-0.2, -0.15) is 0 Å². The van der Waals surface area contributed by atoms with Crippen LogP contribution in [0.2, 0.25) is 0 Å². The summed E-state index contributed by atoms with van der Waals surface area (Å²) >= 11 is 0. The van der Waals surface area contributed by atoms with E-state index in [1.54, 1.807) is 19.4 Å². The molecule has 5 nitrogen and oxygen atoms in total. The van der Waals surface area contributed by atoms with E-state index in [2.05, 4.69) is 5.32 Å². The summed E-state index contributed by atoms with van der Waals surface area (Å²) in [6.07, 6.45) is 3.34. The van der Waals surface area contributed by atoms with Crippen LogP contribution in [0.1, 0.15) is 30.5 Å². The number of furan rings is 1. The molecule has 0 aliphatic rings. The minimum absolute atomic E-state index is 0.191. The van der Waals surface area contributed by atoms with Crippen molar-refractivity contribution < 1.29 is 18.7 Å². The molecule has 0 fully saturated rings. The van der Waals surface area contributed by atoms with Gasteiger partial charge in [-0.05, 0) is 80.3 Å². The molecule has 0 aliphatic carbocycles. The summed E-state index contributed by atoms with van der Waals surface area (Å²) in [5.74, 6) is 1.26. The summed E-state index contributed by atoms with van der Waals surface area (Å²) in [5.41, 5.74) is 7.39. The van der Waals surface area contributed by atoms with Crippen LogP contribution in [-0.2, 0) is 4.79 Å². The number of fused-ring (bicyclic) bond motifs is 1. The fourth-order valence-electron chi connectivity index (χ4n) is 3.92. The maximum Gasteiger partial charge on any atom is 0.248 e. The van der Waals surface area contributed by atoms with Gasteiger partial charge in [0.05, 0.1) is 20.0 Å². The number of methoxy groups -OCH3 is 1. The lowest BCUT2D eigenvalue weighted by atomic mass is 9.99. The summed E-state index contributed by atoms with van der Waals surface area (Å²) < 4.78 is 17.1. The molecule has 4 rings (SSSR count). The van der Waals surface area contributed by atoms with Gasteiger partial charge in [0.1, 0.15) is 17.1 Å². The summed E-state index contributed by atoms with van der Waals surface area (Å²) in [4.78, 5) is 12.8. The average molecular weight is 456 g/mol. The van der Waals surface area contributed by atoms with Gasteiger partial charge in [-0.25, -0.2) is 0 Å². The van der Waals surface area contributed by atoms with Gasteiger partial charge >= 0.3 is 0 Å². The SMILES string of the molecule is CCOc1cc2occ(-c3cccc(OC)c3)c2cc1/C(C)=C/C(=O)Nc1ccc(C)c(C)c1. The second kappa shape index (κ2) is 9.87. The van der Waals surface area contributed by atoms with Gasteiger partial charge in [-0.1, -0.05) is 18.2 Å². The van der Waals surface area contributed by atoms with Gasteiger partial charge in [0, 0.05) is 34.3 Å². The molecule has 1 heterocycles. The highest BCUT2D eigenvalue weighted by Crippen LogP contribution is 2.38. The Balaban J connectivity index is 1.72. The monoisotopic (exact) mass is 455 g/mol. The average Bonchev–Trinajstić information content (AvgIpc) is 3.24. The van der Waals surface area contributed by atoms with E-state index in [9.17, 15) is 4.79 Å². The number of hydrogen-bond donors (Lipinski definition) is 1. The molecule has 0 radical (unpaired) electrons. The number of rotatable bonds is 7. The van der Waals surface area contributed by atoms with Crippen molar-refractivity contribution in [3.63, 3.8) is 0 Å². The molecule has 174 valence electrons. The highest BCUT2D eigenvalue weighted by atomic mass is 16.5. The Labute approximate surface area is 200 Å². The van der Waals surface area contributed by atoms with Gasteiger partial charge in [-0.3, -0.25) is 4.79 Å². The van der Waals surface area contributed by atoms with Crippen LogP contribution in [0.15, 0.2) is 71.4 Å². The molecule has 0 spiro atoms. The first-order valence-corrected chi connectivity index (χ1v) is 11.3. The fourth-order valence-corrected chi connectivity index (χ4v) is 3.92. The van der Waals surface area contributed by atoms with E-state index >= 15 is 0 Å². The molecule has 0 aliphatic heterocycles. The topological polar surface area (TPSA) is 60.7 Å². The van der Waals surface area contributed by atoms with Crippen molar-refractivity contribution in [2.45, 2.75) is 27.7 Å². The van der Waals surface area contributed by atoms with Crippen LogP contribution in [0.3, 0.4) is 0 Å². The maximum atomic E-state index is 12.8. The van der Waals surface area contributed by atoms with E-state index in [0.29, 0.717) is 12.4 Å². The van der Waals surface area contributed by atoms with Gasteiger partial charge in [0.15, 0.2) is 0 Å². The Hall–Kier alpha value is -3.99. The third-order valence-electron chi connectivity index (χ3n) is 5.90. The molecule has 5 heteroatoms. The summed E-state index contributed by atoms with van der Waals surface area (Å²) in [5, 5.41) is 3.89. The third-order valence-corrected chi connectivity index (χ3v) is 5.90. The molecule has 0 unspecified atom stereocenters. The predicted octanol–water partition coefficient (Wildman–Crippen LogP) is 7.17. The van der Waals surface area contributed by atoms with Crippen LogP contribution in [-0.4, -0.2) is 19.6 Å². The number of amides is 1. The molecule has 0 atom stereocenters. The molecule has 1 amide bonds. The number of carbonyl (C=O) groups excluding carboxylic acids is 1. The Morgan fingerprint density at radius 2 is 1.88 bits per heavy atom. The molecule has 0 saturated heterocycles. The smallest absolute Gasteiger partial charge is 0.248 e. The van der Waals surface area contributed by atoms with Crippen LogP contribution >= 0.6 is 0 Å². The molecule has 1 aromatic heterocycles. The zero-order valence-corrected chi connectivity index (χ0v) is 20.2. The quantitative estimate of drug-likeness (QED) is 0.300. The minimum Gasteiger partial charge on any atom is -0.497 e. The maximum absolute atomic E-state index is 12.8. The van der Waals surface area contributed by atoms with Gasteiger partial charge < -0.3 is 19.2 Å². The Kier molecular flexibility index (Phi) is 6.73. The van der Waals surface area contributed by atoms with Gasteiger partial charge in [-0.15, -0.1) is 0 Å². The second-order valence-electron chi connectivity index (χ2n) is 8.27. The van der Waals surface area contributed by atoms with Crippen LogP contribution in [0, 0.1) is 13.8 Å². The molecule has 0 saturated carbocycles. The largest absolute Gasteiger partial charge is 0.497 e. The summed E-state index contributed by atoms with van der Waals surface area (Å²) in [6.45, 7) is 8.43. The molecule has 3 aromatic carbocycles. The highest BCUT2D eigenvalue weighted by molar-refractivity contribution is 6.05. The van der Waals surface area contributed by atoms with Crippen molar-refractivity contribution >= 4 is 28.1 Å². The third kappa shape index (κ3) is 4.84. The number of aryl methyl sites for hydroxylation is 2. The fraction of sp³-hybridized carbons (Fsp3) is 0.207. The number of allylic oxidation sites excluding steroid dienone is 1. The van der Waals surface area contributed by atoms with Crippen LogP contribution < -0.4 is 14.8 Å².